The Morgan fingerprint density at radius 2 is 1.78 bits per heavy atom. The van der Waals surface area contributed by atoms with E-state index in [-0.39, 0.29) is 5.56 Å². The van der Waals surface area contributed by atoms with E-state index in [1.807, 2.05) is 4.90 Å². The normalized spacial score (nSPS) is 18.8. The Bertz CT molecular complexity index is 400. The van der Waals surface area contributed by atoms with Gasteiger partial charge in [-0.05, 0) is 6.07 Å². The SMILES string of the molecule is N[C@H](c1ccccc1N1CCNCC1)C(F)(F)F. The van der Waals surface area contributed by atoms with Gasteiger partial charge in [-0.25, -0.2) is 0 Å². The van der Waals surface area contributed by atoms with Crippen molar-refractivity contribution in [3.05, 3.63) is 29.8 Å². The molecule has 1 atom stereocenters. The number of nitrogens with one attached hydrogen (secondary N) is 1. The number of hydrogen-bond donors (Lipinski definition) is 2. The summed E-state index contributed by atoms with van der Waals surface area (Å²) in [5.74, 6) is 0. The van der Waals surface area contributed by atoms with E-state index in [0.717, 1.165) is 13.1 Å². The van der Waals surface area contributed by atoms with Gasteiger partial charge < -0.3 is 16.0 Å². The molecule has 1 aliphatic rings. The van der Waals surface area contributed by atoms with Gasteiger partial charge in [0, 0.05) is 37.4 Å². The van der Waals surface area contributed by atoms with Gasteiger partial charge in [0.2, 0.25) is 0 Å². The summed E-state index contributed by atoms with van der Waals surface area (Å²) in [5, 5.41) is 3.17. The predicted octanol–water partition coefficient (Wildman–Crippen LogP) is 1.66. The van der Waals surface area contributed by atoms with Gasteiger partial charge in [-0.3, -0.25) is 0 Å². The first kappa shape index (κ1) is 13.2. The van der Waals surface area contributed by atoms with E-state index in [2.05, 4.69) is 5.32 Å². The fourth-order valence-electron chi connectivity index (χ4n) is 2.12. The van der Waals surface area contributed by atoms with Crippen LogP contribution >= 0.6 is 0 Å². The predicted molar refractivity (Wildman–Crippen MR) is 64.5 cm³/mol. The molecule has 1 aromatic carbocycles. The van der Waals surface area contributed by atoms with Crippen LogP contribution in [0.15, 0.2) is 24.3 Å². The summed E-state index contributed by atoms with van der Waals surface area (Å²) >= 11 is 0. The number of para-hydroxylation sites is 1. The molecule has 3 nitrogen and oxygen atoms in total. The van der Waals surface area contributed by atoms with Crippen molar-refractivity contribution in [2.75, 3.05) is 31.1 Å². The highest BCUT2D eigenvalue weighted by molar-refractivity contribution is 5.55. The summed E-state index contributed by atoms with van der Waals surface area (Å²) in [6.45, 7) is 2.94. The van der Waals surface area contributed by atoms with Gasteiger partial charge in [-0.1, -0.05) is 18.2 Å². The third-order valence-corrected chi connectivity index (χ3v) is 3.08. The number of nitrogens with zero attached hydrogens (tertiary/aromatic N) is 1. The van der Waals surface area contributed by atoms with Crippen LogP contribution in [0.5, 0.6) is 0 Å². The monoisotopic (exact) mass is 259 g/mol. The Kier molecular flexibility index (Phi) is 3.77. The summed E-state index contributed by atoms with van der Waals surface area (Å²) in [7, 11) is 0. The van der Waals surface area contributed by atoms with E-state index >= 15 is 0 Å². The molecule has 0 bridgehead atoms. The van der Waals surface area contributed by atoms with Gasteiger partial charge in [-0.15, -0.1) is 0 Å². The lowest BCUT2D eigenvalue weighted by Crippen LogP contribution is -2.44. The zero-order valence-electron chi connectivity index (χ0n) is 9.87. The van der Waals surface area contributed by atoms with E-state index in [1.54, 1.807) is 18.2 Å². The third-order valence-electron chi connectivity index (χ3n) is 3.08. The molecular formula is C12H16F3N3. The topological polar surface area (TPSA) is 41.3 Å². The number of alkyl halides is 3. The lowest BCUT2D eigenvalue weighted by molar-refractivity contribution is -0.149. The van der Waals surface area contributed by atoms with Crippen molar-refractivity contribution >= 4 is 5.69 Å². The maximum absolute atomic E-state index is 12.7. The maximum Gasteiger partial charge on any atom is 0.407 e. The highest BCUT2D eigenvalue weighted by Crippen LogP contribution is 2.35. The van der Waals surface area contributed by atoms with E-state index in [9.17, 15) is 13.2 Å². The minimum Gasteiger partial charge on any atom is -0.369 e. The van der Waals surface area contributed by atoms with Crippen molar-refractivity contribution in [1.82, 2.24) is 5.32 Å². The standard InChI is InChI=1S/C12H16F3N3/c13-12(14,15)11(16)9-3-1-2-4-10(9)18-7-5-17-6-8-18/h1-4,11,17H,5-8,16H2/t11-/m1/s1. The fraction of sp³-hybridized carbons (Fsp3) is 0.500. The molecule has 18 heavy (non-hydrogen) atoms. The molecular weight excluding hydrogens is 243 g/mol. The summed E-state index contributed by atoms with van der Waals surface area (Å²) in [6, 6.07) is 4.56. The first-order valence-corrected chi connectivity index (χ1v) is 5.87. The van der Waals surface area contributed by atoms with Crippen LogP contribution in [-0.4, -0.2) is 32.4 Å². The fourth-order valence-corrected chi connectivity index (χ4v) is 2.12. The van der Waals surface area contributed by atoms with Gasteiger partial charge in [0.05, 0.1) is 0 Å². The molecule has 0 aromatic heterocycles. The quantitative estimate of drug-likeness (QED) is 0.848. The van der Waals surface area contributed by atoms with E-state index in [4.69, 9.17) is 5.73 Å². The van der Waals surface area contributed by atoms with Crippen molar-refractivity contribution in [2.45, 2.75) is 12.2 Å². The Morgan fingerprint density at radius 3 is 2.39 bits per heavy atom. The second-order valence-electron chi connectivity index (χ2n) is 4.32. The molecule has 0 amide bonds. The van der Waals surface area contributed by atoms with E-state index in [1.165, 1.54) is 6.07 Å². The second-order valence-corrected chi connectivity index (χ2v) is 4.32. The molecule has 0 unspecified atom stereocenters. The molecule has 1 aliphatic heterocycles. The molecule has 0 saturated carbocycles. The number of piperazine rings is 1. The molecule has 1 heterocycles. The van der Waals surface area contributed by atoms with Gasteiger partial charge in [0.15, 0.2) is 0 Å². The van der Waals surface area contributed by atoms with Crippen molar-refractivity contribution < 1.29 is 13.2 Å². The number of anilines is 1. The van der Waals surface area contributed by atoms with Crippen LogP contribution < -0.4 is 16.0 Å². The summed E-state index contributed by atoms with van der Waals surface area (Å²) in [4.78, 5) is 1.94. The molecule has 1 fully saturated rings. The molecule has 1 aromatic rings. The summed E-state index contributed by atoms with van der Waals surface area (Å²) < 4.78 is 38.2. The third kappa shape index (κ3) is 2.76. The van der Waals surface area contributed by atoms with Crippen LogP contribution in [0, 0.1) is 0 Å². The van der Waals surface area contributed by atoms with Crippen LogP contribution in [0.1, 0.15) is 11.6 Å². The molecule has 0 aliphatic carbocycles. The number of hydrogen-bond acceptors (Lipinski definition) is 3. The molecule has 1 saturated heterocycles. The van der Waals surface area contributed by atoms with Gasteiger partial charge in [0.25, 0.3) is 0 Å². The second kappa shape index (κ2) is 5.16. The van der Waals surface area contributed by atoms with Gasteiger partial charge in [-0.2, -0.15) is 13.2 Å². The lowest BCUT2D eigenvalue weighted by Gasteiger charge is -2.32. The van der Waals surface area contributed by atoms with Crippen molar-refractivity contribution in [3.8, 4) is 0 Å². The van der Waals surface area contributed by atoms with E-state index < -0.39 is 12.2 Å². The first-order valence-electron chi connectivity index (χ1n) is 5.87. The maximum atomic E-state index is 12.7. The van der Waals surface area contributed by atoms with Crippen LogP contribution in [0.3, 0.4) is 0 Å². The van der Waals surface area contributed by atoms with Gasteiger partial charge >= 0.3 is 6.18 Å². The first-order chi connectivity index (χ1) is 8.50. The Balaban J connectivity index is 2.30. The molecule has 2 rings (SSSR count). The zero-order valence-corrected chi connectivity index (χ0v) is 9.87. The van der Waals surface area contributed by atoms with Crippen LogP contribution in [0.4, 0.5) is 18.9 Å². The molecule has 0 radical (unpaired) electrons. The van der Waals surface area contributed by atoms with Gasteiger partial charge in [0.1, 0.15) is 6.04 Å². The molecule has 0 spiro atoms. The number of halogens is 3. The van der Waals surface area contributed by atoms with Crippen molar-refractivity contribution in [2.24, 2.45) is 5.73 Å². The Morgan fingerprint density at radius 1 is 1.17 bits per heavy atom. The average Bonchev–Trinajstić information content (AvgIpc) is 2.38. The number of benzene rings is 1. The van der Waals surface area contributed by atoms with E-state index in [0.29, 0.717) is 18.8 Å². The molecule has 3 N–H and O–H groups in total. The highest BCUT2D eigenvalue weighted by Gasteiger charge is 2.39. The Labute approximate surface area is 104 Å². The highest BCUT2D eigenvalue weighted by atomic mass is 19.4. The number of nitrogens with two attached hydrogens (primary N) is 1. The minimum atomic E-state index is -4.41. The van der Waals surface area contributed by atoms with Crippen LogP contribution in [0.2, 0.25) is 0 Å². The largest absolute Gasteiger partial charge is 0.407 e. The minimum absolute atomic E-state index is 0.145. The van der Waals surface area contributed by atoms with Crippen LogP contribution in [0.25, 0.3) is 0 Å². The summed E-state index contributed by atoms with van der Waals surface area (Å²) in [6.07, 6.45) is -4.41. The number of rotatable bonds is 2. The molecule has 6 heteroatoms. The smallest absolute Gasteiger partial charge is 0.369 e. The van der Waals surface area contributed by atoms with Crippen molar-refractivity contribution in [1.29, 1.82) is 0 Å². The molecule has 100 valence electrons. The van der Waals surface area contributed by atoms with Crippen molar-refractivity contribution in [3.63, 3.8) is 0 Å². The van der Waals surface area contributed by atoms with Crippen LogP contribution in [-0.2, 0) is 0 Å². The summed E-state index contributed by atoms with van der Waals surface area (Å²) in [5.41, 5.74) is 6.04. The Hall–Kier alpha value is -1.27. The average molecular weight is 259 g/mol. The lowest BCUT2D eigenvalue weighted by atomic mass is 10.0. The zero-order chi connectivity index (χ0) is 13.2.